The summed E-state index contributed by atoms with van der Waals surface area (Å²) in [7, 11) is 3.22. The Balaban J connectivity index is 3.26. The van der Waals surface area contributed by atoms with Crippen LogP contribution in [0.5, 0.6) is 11.5 Å². The van der Waals surface area contributed by atoms with Gasteiger partial charge in [-0.2, -0.15) is 0 Å². The molecule has 0 amide bonds. The average molecular weight is 255 g/mol. The van der Waals surface area contributed by atoms with Crippen molar-refractivity contribution in [2.24, 2.45) is 0 Å². The maximum atomic E-state index is 5.27. The fraction of sp³-hybridized carbons (Fsp3) is 0.273. The molecule has 0 heterocycles. The summed E-state index contributed by atoms with van der Waals surface area (Å²) in [6.45, 7) is 0. The van der Waals surface area contributed by atoms with Gasteiger partial charge in [-0.05, 0) is 12.1 Å². The molecule has 1 rings (SSSR count). The average Bonchev–Trinajstić information content (AvgIpc) is 2.20. The SMILES string of the molecule is C#CCc1c(OC)cc(Br)cc1OC. The minimum atomic E-state index is 0.500. The third kappa shape index (κ3) is 2.21. The van der Waals surface area contributed by atoms with Crippen molar-refractivity contribution >= 4 is 15.9 Å². The maximum Gasteiger partial charge on any atom is 0.127 e. The van der Waals surface area contributed by atoms with E-state index in [9.17, 15) is 0 Å². The van der Waals surface area contributed by atoms with Crippen LogP contribution >= 0.6 is 15.9 Å². The number of benzene rings is 1. The van der Waals surface area contributed by atoms with Crippen molar-refractivity contribution < 1.29 is 9.47 Å². The van der Waals surface area contributed by atoms with Gasteiger partial charge < -0.3 is 9.47 Å². The fourth-order valence-electron chi connectivity index (χ4n) is 1.23. The topological polar surface area (TPSA) is 18.5 Å². The van der Waals surface area contributed by atoms with Gasteiger partial charge >= 0.3 is 0 Å². The van der Waals surface area contributed by atoms with Gasteiger partial charge in [0.25, 0.3) is 0 Å². The molecule has 74 valence electrons. The van der Waals surface area contributed by atoms with Crippen molar-refractivity contribution in [2.75, 3.05) is 14.2 Å². The molecule has 14 heavy (non-hydrogen) atoms. The smallest absolute Gasteiger partial charge is 0.127 e. The van der Waals surface area contributed by atoms with Gasteiger partial charge in [0.15, 0.2) is 0 Å². The molecule has 1 aromatic rings. The summed E-state index contributed by atoms with van der Waals surface area (Å²) in [5.74, 6) is 4.07. The van der Waals surface area contributed by atoms with Gasteiger partial charge in [-0.25, -0.2) is 0 Å². The monoisotopic (exact) mass is 254 g/mol. The zero-order valence-corrected chi connectivity index (χ0v) is 9.72. The van der Waals surface area contributed by atoms with Crippen LogP contribution in [0.25, 0.3) is 0 Å². The second-order valence-corrected chi connectivity index (χ2v) is 3.59. The first-order valence-corrected chi connectivity index (χ1v) is 4.86. The Bertz CT molecular complexity index is 341. The van der Waals surface area contributed by atoms with Crippen LogP contribution in [-0.2, 0) is 6.42 Å². The molecule has 0 radical (unpaired) electrons. The van der Waals surface area contributed by atoms with E-state index in [1.165, 1.54) is 0 Å². The largest absolute Gasteiger partial charge is 0.496 e. The predicted octanol–water partition coefficient (Wildman–Crippen LogP) is 2.64. The van der Waals surface area contributed by atoms with E-state index < -0.39 is 0 Å². The molecule has 3 heteroatoms. The number of halogens is 1. The number of hydrogen-bond donors (Lipinski definition) is 0. The fourth-order valence-corrected chi connectivity index (χ4v) is 1.64. The Morgan fingerprint density at radius 3 is 2.14 bits per heavy atom. The van der Waals surface area contributed by atoms with Crippen molar-refractivity contribution in [3.8, 4) is 23.8 Å². The number of ether oxygens (including phenoxy) is 2. The number of rotatable bonds is 3. The van der Waals surface area contributed by atoms with E-state index in [1.807, 2.05) is 12.1 Å². The van der Waals surface area contributed by atoms with Gasteiger partial charge in [0.1, 0.15) is 11.5 Å². The first-order valence-electron chi connectivity index (χ1n) is 4.06. The summed E-state index contributed by atoms with van der Waals surface area (Å²) < 4.78 is 11.3. The van der Waals surface area contributed by atoms with Gasteiger partial charge in [-0.1, -0.05) is 15.9 Å². The van der Waals surface area contributed by atoms with Crippen LogP contribution in [0.1, 0.15) is 5.56 Å². The molecule has 0 N–H and O–H groups in total. The van der Waals surface area contributed by atoms with Gasteiger partial charge in [0.2, 0.25) is 0 Å². The third-order valence-corrected chi connectivity index (χ3v) is 2.31. The van der Waals surface area contributed by atoms with E-state index in [4.69, 9.17) is 15.9 Å². The summed E-state index contributed by atoms with van der Waals surface area (Å²) >= 11 is 3.37. The number of terminal acetylenes is 1. The molecule has 0 aliphatic carbocycles. The molecule has 0 aliphatic heterocycles. The van der Waals surface area contributed by atoms with Gasteiger partial charge in [-0.15, -0.1) is 12.3 Å². The summed E-state index contributed by atoms with van der Waals surface area (Å²) in [6, 6.07) is 3.74. The second-order valence-electron chi connectivity index (χ2n) is 2.67. The Morgan fingerprint density at radius 2 is 1.79 bits per heavy atom. The molecule has 0 unspecified atom stereocenters. The Morgan fingerprint density at radius 1 is 1.29 bits per heavy atom. The van der Waals surface area contributed by atoms with Crippen LogP contribution in [0.3, 0.4) is 0 Å². The molecule has 1 aromatic carbocycles. The zero-order valence-electron chi connectivity index (χ0n) is 8.13. The lowest BCUT2D eigenvalue weighted by Gasteiger charge is -2.11. The highest BCUT2D eigenvalue weighted by molar-refractivity contribution is 9.10. The molecule has 0 fully saturated rings. The van der Waals surface area contributed by atoms with Crippen molar-refractivity contribution in [2.45, 2.75) is 6.42 Å². The van der Waals surface area contributed by atoms with Crippen LogP contribution in [0.2, 0.25) is 0 Å². The van der Waals surface area contributed by atoms with Crippen LogP contribution in [0, 0.1) is 12.3 Å². The molecule has 0 spiro atoms. The van der Waals surface area contributed by atoms with Crippen LogP contribution < -0.4 is 9.47 Å². The molecule has 0 aliphatic rings. The van der Waals surface area contributed by atoms with E-state index in [0.717, 1.165) is 21.5 Å². The van der Waals surface area contributed by atoms with Crippen molar-refractivity contribution in [3.05, 3.63) is 22.2 Å². The zero-order chi connectivity index (χ0) is 10.6. The quantitative estimate of drug-likeness (QED) is 0.773. The number of methoxy groups -OCH3 is 2. The molecule has 2 nitrogen and oxygen atoms in total. The van der Waals surface area contributed by atoms with Crippen molar-refractivity contribution in [1.29, 1.82) is 0 Å². The van der Waals surface area contributed by atoms with Gasteiger partial charge in [0.05, 0.1) is 14.2 Å². The van der Waals surface area contributed by atoms with Crippen molar-refractivity contribution in [1.82, 2.24) is 0 Å². The molecular weight excluding hydrogens is 244 g/mol. The first kappa shape index (κ1) is 10.9. The minimum absolute atomic E-state index is 0.500. The number of hydrogen-bond acceptors (Lipinski definition) is 2. The van der Waals surface area contributed by atoms with E-state index in [-0.39, 0.29) is 0 Å². The highest BCUT2D eigenvalue weighted by atomic mass is 79.9. The molecule has 0 saturated carbocycles. The Kier molecular flexibility index (Phi) is 3.84. The van der Waals surface area contributed by atoms with Crippen LogP contribution in [-0.4, -0.2) is 14.2 Å². The summed E-state index contributed by atoms with van der Waals surface area (Å²) in [4.78, 5) is 0. The third-order valence-electron chi connectivity index (χ3n) is 1.85. The van der Waals surface area contributed by atoms with Gasteiger partial charge in [-0.3, -0.25) is 0 Å². The Hall–Kier alpha value is -1.14. The summed E-state index contributed by atoms with van der Waals surface area (Å²) in [5.41, 5.74) is 0.903. The Labute approximate surface area is 92.3 Å². The standard InChI is InChI=1S/C11H11BrO2/c1-4-5-9-10(13-2)6-8(12)7-11(9)14-3/h1,6-7H,5H2,2-3H3. The van der Waals surface area contributed by atoms with Crippen molar-refractivity contribution in [3.63, 3.8) is 0 Å². The summed E-state index contributed by atoms with van der Waals surface area (Å²) in [5, 5.41) is 0. The maximum absolute atomic E-state index is 5.27. The molecule has 0 saturated heterocycles. The molecule has 0 bridgehead atoms. The normalized spacial score (nSPS) is 9.29. The van der Waals surface area contributed by atoms with E-state index in [0.29, 0.717) is 6.42 Å². The first-order chi connectivity index (χ1) is 6.72. The van der Waals surface area contributed by atoms with E-state index in [2.05, 4.69) is 21.9 Å². The second kappa shape index (κ2) is 4.92. The predicted molar refractivity (Wildman–Crippen MR) is 59.8 cm³/mol. The van der Waals surface area contributed by atoms with Gasteiger partial charge in [0, 0.05) is 16.5 Å². The molecule has 0 aromatic heterocycles. The molecular formula is C11H11BrO2. The minimum Gasteiger partial charge on any atom is -0.496 e. The van der Waals surface area contributed by atoms with Crippen LogP contribution in [0.4, 0.5) is 0 Å². The molecule has 0 atom stereocenters. The van der Waals surface area contributed by atoms with E-state index in [1.54, 1.807) is 14.2 Å². The highest BCUT2D eigenvalue weighted by Crippen LogP contribution is 2.32. The lowest BCUT2D eigenvalue weighted by Crippen LogP contribution is -1.96. The lowest BCUT2D eigenvalue weighted by molar-refractivity contribution is 0.387. The lowest BCUT2D eigenvalue weighted by atomic mass is 10.1. The summed E-state index contributed by atoms with van der Waals surface area (Å²) in [6.07, 6.45) is 5.77. The highest BCUT2D eigenvalue weighted by Gasteiger charge is 2.10. The van der Waals surface area contributed by atoms with E-state index >= 15 is 0 Å². The van der Waals surface area contributed by atoms with Crippen LogP contribution in [0.15, 0.2) is 16.6 Å².